The van der Waals surface area contributed by atoms with Gasteiger partial charge in [-0.05, 0) is 25.0 Å². The number of rotatable bonds is 3. The van der Waals surface area contributed by atoms with Crippen molar-refractivity contribution in [3.8, 4) is 0 Å². The van der Waals surface area contributed by atoms with Crippen molar-refractivity contribution in [2.45, 2.75) is 23.8 Å². The molecule has 1 aromatic rings. The molecule has 8 heteroatoms. The van der Waals surface area contributed by atoms with Crippen molar-refractivity contribution in [2.24, 2.45) is 5.73 Å². The van der Waals surface area contributed by atoms with Crippen LogP contribution in [0.4, 0.5) is 11.4 Å². The van der Waals surface area contributed by atoms with E-state index in [4.69, 9.17) is 5.73 Å². The molecule has 20 heavy (non-hydrogen) atoms. The molecule has 0 aliphatic carbocycles. The van der Waals surface area contributed by atoms with E-state index in [0.29, 0.717) is 18.8 Å². The van der Waals surface area contributed by atoms with Crippen LogP contribution in [-0.4, -0.2) is 38.7 Å². The Labute approximate surface area is 117 Å². The number of sulfone groups is 1. The minimum atomic E-state index is -3.64. The zero-order valence-electron chi connectivity index (χ0n) is 11.2. The summed E-state index contributed by atoms with van der Waals surface area (Å²) in [6, 6.07) is 4.49. The lowest BCUT2D eigenvalue weighted by Crippen LogP contribution is -2.40. The number of benzene rings is 1. The lowest BCUT2D eigenvalue weighted by molar-refractivity contribution is -0.387. The highest BCUT2D eigenvalue weighted by atomic mass is 32.2. The Hall–Kier alpha value is -1.67. The van der Waals surface area contributed by atoms with Crippen LogP contribution >= 0.6 is 0 Å². The Bertz CT molecular complexity index is 622. The first-order valence-electron chi connectivity index (χ1n) is 6.28. The van der Waals surface area contributed by atoms with Gasteiger partial charge in [-0.2, -0.15) is 0 Å². The fourth-order valence-corrected chi connectivity index (χ4v) is 3.25. The molecule has 0 bridgehead atoms. The van der Waals surface area contributed by atoms with Crippen LogP contribution < -0.4 is 10.6 Å². The van der Waals surface area contributed by atoms with Gasteiger partial charge in [0.2, 0.25) is 0 Å². The molecular weight excluding hydrogens is 282 g/mol. The summed E-state index contributed by atoms with van der Waals surface area (Å²) in [4.78, 5) is 12.2. The topological polar surface area (TPSA) is 107 Å². The highest BCUT2D eigenvalue weighted by Gasteiger charge is 2.30. The number of nitro benzene ring substituents is 1. The molecular formula is C12H17N3O4S. The molecule has 0 saturated carbocycles. The van der Waals surface area contributed by atoms with E-state index in [1.807, 2.05) is 4.90 Å². The molecule has 0 spiro atoms. The smallest absolute Gasteiger partial charge is 0.311 e. The second kappa shape index (κ2) is 5.37. The average molecular weight is 299 g/mol. The molecule has 0 amide bonds. The minimum Gasteiger partial charge on any atom is -0.366 e. The minimum absolute atomic E-state index is 0.100. The van der Waals surface area contributed by atoms with E-state index >= 15 is 0 Å². The van der Waals surface area contributed by atoms with Crippen molar-refractivity contribution >= 4 is 21.2 Å². The molecule has 1 aromatic carbocycles. The molecule has 0 aromatic heterocycles. The molecule has 2 rings (SSSR count). The van der Waals surface area contributed by atoms with Crippen molar-refractivity contribution in [2.75, 3.05) is 24.2 Å². The fourth-order valence-electron chi connectivity index (χ4n) is 2.39. The molecule has 1 aliphatic rings. The van der Waals surface area contributed by atoms with Gasteiger partial charge in [-0.15, -0.1) is 0 Å². The third-order valence-electron chi connectivity index (χ3n) is 3.44. The van der Waals surface area contributed by atoms with E-state index in [9.17, 15) is 18.5 Å². The van der Waals surface area contributed by atoms with Gasteiger partial charge in [0.25, 0.3) is 0 Å². The first kappa shape index (κ1) is 14.7. The second-order valence-corrected chi connectivity index (χ2v) is 6.96. The van der Waals surface area contributed by atoms with Crippen molar-refractivity contribution < 1.29 is 13.3 Å². The van der Waals surface area contributed by atoms with Crippen LogP contribution in [-0.2, 0) is 9.84 Å². The highest BCUT2D eigenvalue weighted by molar-refractivity contribution is 7.90. The maximum Gasteiger partial charge on any atom is 0.311 e. The van der Waals surface area contributed by atoms with Crippen molar-refractivity contribution in [1.82, 2.24) is 0 Å². The van der Waals surface area contributed by atoms with Crippen LogP contribution in [0.2, 0.25) is 0 Å². The Morgan fingerprint density at radius 3 is 2.45 bits per heavy atom. The number of hydrogen-bond acceptors (Lipinski definition) is 6. The predicted octanol–water partition coefficient (Wildman–Crippen LogP) is 0.926. The van der Waals surface area contributed by atoms with E-state index in [-0.39, 0.29) is 16.6 Å². The highest BCUT2D eigenvalue weighted by Crippen LogP contribution is 2.35. The largest absolute Gasteiger partial charge is 0.366 e. The van der Waals surface area contributed by atoms with Crippen LogP contribution in [0.1, 0.15) is 12.8 Å². The van der Waals surface area contributed by atoms with Gasteiger partial charge in [-0.3, -0.25) is 10.1 Å². The Morgan fingerprint density at radius 1 is 1.35 bits per heavy atom. The molecule has 0 atom stereocenters. The number of para-hydroxylation sites is 1. The summed E-state index contributed by atoms with van der Waals surface area (Å²) in [7, 11) is -3.64. The quantitative estimate of drug-likeness (QED) is 0.657. The zero-order chi connectivity index (χ0) is 14.9. The number of anilines is 1. The summed E-state index contributed by atoms with van der Waals surface area (Å²) in [5, 5.41) is 11.3. The van der Waals surface area contributed by atoms with Crippen LogP contribution in [0.5, 0.6) is 0 Å². The average Bonchev–Trinajstić information content (AvgIpc) is 2.37. The molecule has 1 aliphatic heterocycles. The fraction of sp³-hybridized carbons (Fsp3) is 0.500. The van der Waals surface area contributed by atoms with Crippen LogP contribution in [0.3, 0.4) is 0 Å². The summed E-state index contributed by atoms with van der Waals surface area (Å²) in [5.41, 5.74) is 5.83. The van der Waals surface area contributed by atoms with Crippen molar-refractivity contribution in [3.05, 3.63) is 28.3 Å². The summed E-state index contributed by atoms with van der Waals surface area (Å²) in [6.07, 6.45) is 2.45. The third kappa shape index (κ3) is 2.91. The standard InChI is InChI=1S/C12H17N3O4S/c1-20(18,19)11-4-2-3-10(12(11)15(16)17)14-7-5-9(13)6-8-14/h2-4,9H,5-8,13H2,1H3. The van der Waals surface area contributed by atoms with Gasteiger partial charge in [0.1, 0.15) is 10.6 Å². The Morgan fingerprint density at radius 2 is 1.95 bits per heavy atom. The summed E-state index contributed by atoms with van der Waals surface area (Å²) in [6.45, 7) is 1.18. The molecule has 110 valence electrons. The maximum absolute atomic E-state index is 11.7. The lowest BCUT2D eigenvalue weighted by atomic mass is 10.1. The first-order valence-corrected chi connectivity index (χ1v) is 8.18. The maximum atomic E-state index is 11.7. The summed E-state index contributed by atoms with van der Waals surface area (Å²) < 4.78 is 23.4. The third-order valence-corrected chi connectivity index (χ3v) is 4.57. The normalized spacial score (nSPS) is 17.2. The van der Waals surface area contributed by atoms with E-state index in [1.165, 1.54) is 12.1 Å². The van der Waals surface area contributed by atoms with E-state index in [1.54, 1.807) is 6.07 Å². The van der Waals surface area contributed by atoms with Crippen LogP contribution in [0.25, 0.3) is 0 Å². The first-order chi connectivity index (χ1) is 9.30. The SMILES string of the molecule is CS(=O)(=O)c1cccc(N2CCC(N)CC2)c1[N+](=O)[O-]. The Kier molecular flexibility index (Phi) is 3.96. The molecule has 1 saturated heterocycles. The Balaban J connectivity index is 2.51. The predicted molar refractivity (Wildman–Crippen MR) is 75.6 cm³/mol. The van der Waals surface area contributed by atoms with E-state index < -0.39 is 14.8 Å². The number of nitrogens with zero attached hydrogens (tertiary/aromatic N) is 2. The number of nitro groups is 1. The molecule has 0 radical (unpaired) electrons. The van der Waals surface area contributed by atoms with Crippen molar-refractivity contribution in [1.29, 1.82) is 0 Å². The molecule has 2 N–H and O–H groups in total. The van der Waals surface area contributed by atoms with Crippen LogP contribution in [0.15, 0.2) is 23.1 Å². The van der Waals surface area contributed by atoms with Gasteiger partial charge in [-0.1, -0.05) is 6.07 Å². The zero-order valence-corrected chi connectivity index (χ0v) is 12.0. The summed E-state index contributed by atoms with van der Waals surface area (Å²) >= 11 is 0. The van der Waals surface area contributed by atoms with Gasteiger partial charge < -0.3 is 10.6 Å². The summed E-state index contributed by atoms with van der Waals surface area (Å²) in [5.74, 6) is 0. The van der Waals surface area contributed by atoms with E-state index in [2.05, 4.69) is 0 Å². The van der Waals surface area contributed by atoms with Gasteiger partial charge in [0, 0.05) is 25.4 Å². The molecule has 0 unspecified atom stereocenters. The van der Waals surface area contributed by atoms with Gasteiger partial charge in [0.05, 0.1) is 4.92 Å². The van der Waals surface area contributed by atoms with Gasteiger partial charge in [0.15, 0.2) is 9.84 Å². The monoisotopic (exact) mass is 299 g/mol. The number of nitrogens with two attached hydrogens (primary N) is 1. The van der Waals surface area contributed by atoms with E-state index in [0.717, 1.165) is 19.1 Å². The molecule has 7 nitrogen and oxygen atoms in total. The molecule has 1 fully saturated rings. The van der Waals surface area contributed by atoms with Crippen LogP contribution in [0, 0.1) is 10.1 Å². The number of hydrogen-bond donors (Lipinski definition) is 1. The number of piperidine rings is 1. The van der Waals surface area contributed by atoms with Gasteiger partial charge >= 0.3 is 5.69 Å². The van der Waals surface area contributed by atoms with Gasteiger partial charge in [-0.25, -0.2) is 8.42 Å². The lowest BCUT2D eigenvalue weighted by Gasteiger charge is -2.31. The second-order valence-electron chi connectivity index (χ2n) is 4.98. The molecule has 1 heterocycles. The van der Waals surface area contributed by atoms with Crippen molar-refractivity contribution in [3.63, 3.8) is 0 Å².